The van der Waals surface area contributed by atoms with Crippen LogP contribution in [0.4, 0.5) is 4.79 Å². The van der Waals surface area contributed by atoms with E-state index in [4.69, 9.17) is 9.47 Å². The second-order valence-corrected chi connectivity index (χ2v) is 9.70. The first kappa shape index (κ1) is 28.4. The lowest BCUT2D eigenvalue weighted by Gasteiger charge is -2.23. The normalized spacial score (nSPS) is 13.5. The predicted molar refractivity (Wildman–Crippen MR) is 138 cm³/mol. The summed E-state index contributed by atoms with van der Waals surface area (Å²) in [7, 11) is 1.24. The Bertz CT molecular complexity index is 1140. The number of hydrogen-bond acceptors (Lipinski definition) is 6. The van der Waals surface area contributed by atoms with Crippen molar-refractivity contribution in [1.82, 2.24) is 16.0 Å². The molecule has 3 N–H and O–H groups in total. The second-order valence-electron chi connectivity index (χ2n) is 9.70. The summed E-state index contributed by atoms with van der Waals surface area (Å²) in [5, 5.41) is 9.50. The summed E-state index contributed by atoms with van der Waals surface area (Å²) in [6.45, 7) is 10.1. The summed E-state index contributed by atoms with van der Waals surface area (Å²) >= 11 is 0. The molecule has 2 unspecified atom stereocenters. The maximum absolute atomic E-state index is 13.3. The van der Waals surface area contributed by atoms with Gasteiger partial charge in [-0.05, 0) is 56.0 Å². The number of alkyl carbamates (subject to hydrolysis) is 1. The Balaban J connectivity index is 2.38. The molecule has 2 atom stereocenters. The highest BCUT2D eigenvalue weighted by Crippen LogP contribution is 2.21. The fourth-order valence-electron chi connectivity index (χ4n) is 3.32. The highest BCUT2D eigenvalue weighted by Gasteiger charge is 2.28. The zero-order valence-corrected chi connectivity index (χ0v) is 21.8. The third-order valence-electron chi connectivity index (χ3n) is 5.16. The largest absolute Gasteiger partial charge is 0.467 e. The van der Waals surface area contributed by atoms with E-state index in [-0.39, 0.29) is 11.6 Å². The quantitative estimate of drug-likeness (QED) is 0.379. The zero-order chi connectivity index (χ0) is 27.0. The summed E-state index contributed by atoms with van der Waals surface area (Å²) in [5.74, 6) is -2.18. The molecule has 0 radical (unpaired) electrons. The van der Waals surface area contributed by atoms with E-state index in [9.17, 15) is 19.2 Å². The van der Waals surface area contributed by atoms with Crippen molar-refractivity contribution in [3.05, 3.63) is 53.7 Å². The van der Waals surface area contributed by atoms with Crippen molar-refractivity contribution in [3.8, 4) is 0 Å². The minimum atomic E-state index is -1.01. The molecule has 2 aromatic carbocycles. The number of ether oxygens (including phenoxy) is 2. The van der Waals surface area contributed by atoms with Gasteiger partial charge in [0.2, 0.25) is 5.91 Å². The molecule has 3 amide bonds. The fourth-order valence-corrected chi connectivity index (χ4v) is 3.32. The van der Waals surface area contributed by atoms with Crippen LogP contribution in [0.2, 0.25) is 0 Å². The van der Waals surface area contributed by atoms with Gasteiger partial charge < -0.3 is 25.4 Å². The lowest BCUT2D eigenvalue weighted by atomic mass is 10.0. The van der Waals surface area contributed by atoms with Gasteiger partial charge >= 0.3 is 12.1 Å². The van der Waals surface area contributed by atoms with Crippen molar-refractivity contribution in [2.24, 2.45) is 5.92 Å². The third kappa shape index (κ3) is 8.11. The molecule has 0 aliphatic carbocycles. The lowest BCUT2D eigenvalue weighted by molar-refractivity contribution is -0.146. The van der Waals surface area contributed by atoms with Gasteiger partial charge in [0, 0.05) is 0 Å². The van der Waals surface area contributed by atoms with Gasteiger partial charge in [0.15, 0.2) is 0 Å². The molecule has 0 aliphatic rings. The van der Waals surface area contributed by atoms with Crippen LogP contribution in [0, 0.1) is 5.92 Å². The standard InChI is InChI=1S/C27H35N3O6/c1-16(2)22(25(33)35-7)30-24(32)21(15-19-13-10-12-18-11-8-9-14-20(18)19)29-23(31)17(3)28-26(34)36-27(4,5)6/h8-17,22H,1-7H3,(H,28,34)(H,29,31)(H,30,32). The van der Waals surface area contributed by atoms with Gasteiger partial charge in [0.05, 0.1) is 7.11 Å². The van der Waals surface area contributed by atoms with Gasteiger partial charge in [-0.15, -0.1) is 0 Å². The van der Waals surface area contributed by atoms with E-state index in [1.807, 2.05) is 42.5 Å². The van der Waals surface area contributed by atoms with Gasteiger partial charge in [-0.2, -0.15) is 0 Å². The van der Waals surface area contributed by atoms with E-state index in [0.717, 1.165) is 10.8 Å². The average molecular weight is 498 g/mol. The summed E-state index contributed by atoms with van der Waals surface area (Å²) in [4.78, 5) is 50.5. The van der Waals surface area contributed by atoms with E-state index < -0.39 is 41.6 Å². The molecule has 194 valence electrons. The zero-order valence-electron chi connectivity index (χ0n) is 21.8. The molecular formula is C27H35N3O6. The number of fused-ring (bicyclic) bond motifs is 1. The Morgan fingerprint density at radius 3 is 2.17 bits per heavy atom. The van der Waals surface area contributed by atoms with Crippen molar-refractivity contribution in [2.75, 3.05) is 7.11 Å². The average Bonchev–Trinajstić information content (AvgIpc) is 2.80. The summed E-state index contributed by atoms with van der Waals surface area (Å²) in [6, 6.07) is 11.3. The number of nitrogens with one attached hydrogen (secondary N) is 3. The molecule has 0 saturated heterocycles. The maximum atomic E-state index is 13.3. The smallest absolute Gasteiger partial charge is 0.408 e. The number of carbonyl (C=O) groups is 4. The van der Waals surface area contributed by atoms with Gasteiger partial charge in [-0.1, -0.05) is 56.3 Å². The highest BCUT2D eigenvalue weighted by atomic mass is 16.6. The second kappa shape index (κ2) is 12.2. The first-order valence-electron chi connectivity index (χ1n) is 11.7. The number of hydrogen-bond donors (Lipinski definition) is 3. The third-order valence-corrected chi connectivity index (χ3v) is 5.16. The predicted octanol–water partition coefficient (Wildman–Crippen LogP) is 3.52. The van der Waals surface area contributed by atoms with E-state index >= 15 is 0 Å². The molecule has 0 aromatic heterocycles. The first-order valence-corrected chi connectivity index (χ1v) is 11.7. The molecule has 9 heteroatoms. The summed E-state index contributed by atoms with van der Waals surface area (Å²) in [5.41, 5.74) is -0.145. The van der Waals surface area contributed by atoms with Crippen LogP contribution >= 0.6 is 0 Å². The number of benzene rings is 2. The van der Waals surface area contributed by atoms with Crippen LogP contribution in [0.5, 0.6) is 0 Å². The first-order chi connectivity index (χ1) is 16.8. The molecule has 0 heterocycles. The highest BCUT2D eigenvalue weighted by molar-refractivity contribution is 6.05. The topological polar surface area (TPSA) is 123 Å². The van der Waals surface area contributed by atoms with Crippen molar-refractivity contribution >= 4 is 40.7 Å². The van der Waals surface area contributed by atoms with Gasteiger partial charge in [-0.25, -0.2) is 9.59 Å². The van der Waals surface area contributed by atoms with Crippen LogP contribution in [0.3, 0.4) is 0 Å². The Kier molecular flexibility index (Phi) is 9.60. The number of methoxy groups -OCH3 is 1. The molecule has 36 heavy (non-hydrogen) atoms. The SMILES string of the molecule is COC(=O)C(NC(=O)C(=Cc1cccc2ccccc12)NC(=O)C(C)NC(=O)OC(C)(C)C)C(C)C. The van der Waals surface area contributed by atoms with Gasteiger partial charge in [0.1, 0.15) is 23.4 Å². The van der Waals surface area contributed by atoms with Crippen LogP contribution in [0.25, 0.3) is 16.8 Å². The Morgan fingerprint density at radius 1 is 0.917 bits per heavy atom. The minimum Gasteiger partial charge on any atom is -0.467 e. The van der Waals surface area contributed by atoms with Crippen LogP contribution in [-0.4, -0.2) is 48.7 Å². The van der Waals surface area contributed by atoms with Crippen molar-refractivity contribution in [3.63, 3.8) is 0 Å². The molecule has 9 nitrogen and oxygen atoms in total. The van der Waals surface area contributed by atoms with Crippen molar-refractivity contribution < 1.29 is 28.7 Å². The number of carbonyl (C=O) groups excluding carboxylic acids is 4. The molecule has 0 saturated carbocycles. The van der Waals surface area contributed by atoms with Gasteiger partial charge in [0.25, 0.3) is 5.91 Å². The molecule has 0 spiro atoms. The molecule has 0 aliphatic heterocycles. The van der Waals surface area contributed by atoms with Crippen molar-refractivity contribution in [2.45, 2.75) is 59.2 Å². The Morgan fingerprint density at radius 2 is 1.56 bits per heavy atom. The van der Waals surface area contributed by atoms with E-state index in [2.05, 4.69) is 16.0 Å². The van der Waals surface area contributed by atoms with Gasteiger partial charge in [-0.3, -0.25) is 9.59 Å². The number of rotatable bonds is 8. The maximum Gasteiger partial charge on any atom is 0.408 e. The molecule has 2 aromatic rings. The van der Waals surface area contributed by atoms with Crippen LogP contribution < -0.4 is 16.0 Å². The van der Waals surface area contributed by atoms with E-state index in [1.165, 1.54) is 20.1 Å². The molecular weight excluding hydrogens is 462 g/mol. The Labute approximate surface area is 211 Å². The van der Waals surface area contributed by atoms with Crippen LogP contribution in [0.15, 0.2) is 48.2 Å². The molecule has 2 rings (SSSR count). The molecule has 0 bridgehead atoms. The fraction of sp³-hybridized carbons (Fsp3) is 0.407. The number of amides is 3. The van der Waals surface area contributed by atoms with Crippen LogP contribution in [-0.2, 0) is 23.9 Å². The minimum absolute atomic E-state index is 0.0938. The summed E-state index contributed by atoms with van der Waals surface area (Å²) < 4.78 is 10.0. The summed E-state index contributed by atoms with van der Waals surface area (Å²) in [6.07, 6.45) is 0.768. The van der Waals surface area contributed by atoms with E-state index in [1.54, 1.807) is 34.6 Å². The van der Waals surface area contributed by atoms with Crippen LogP contribution in [0.1, 0.15) is 47.1 Å². The number of esters is 1. The lowest BCUT2D eigenvalue weighted by Crippen LogP contribution is -2.50. The Hall–Kier alpha value is -3.88. The van der Waals surface area contributed by atoms with E-state index in [0.29, 0.717) is 5.56 Å². The molecule has 0 fully saturated rings. The monoisotopic (exact) mass is 497 g/mol. The van der Waals surface area contributed by atoms with Crippen molar-refractivity contribution in [1.29, 1.82) is 0 Å².